The van der Waals surface area contributed by atoms with Crippen LogP contribution in [-0.2, 0) is 14.7 Å². The summed E-state index contributed by atoms with van der Waals surface area (Å²) in [6.45, 7) is 14.1. The van der Waals surface area contributed by atoms with Crippen LogP contribution in [0.1, 0.15) is 64.4 Å². The molecule has 0 aromatic heterocycles. The normalized spacial score (nSPS) is 20.2. The third kappa shape index (κ3) is 3.06. The van der Waals surface area contributed by atoms with Gasteiger partial charge in [-0.2, -0.15) is 0 Å². The van der Waals surface area contributed by atoms with E-state index >= 15 is 0 Å². The number of carbonyl (C=O) groups is 1. The number of hydrogen-bond donors (Lipinski definition) is 1. The highest BCUT2D eigenvalue weighted by Gasteiger charge is 2.51. The number of rotatable bonds is 2. The SMILES string of the molecule is CC(C)(C)c1cc(B2OC(C)(C)C(C)(C)O2)cc(C(=O)O)c1. The van der Waals surface area contributed by atoms with Gasteiger partial charge in [0.25, 0.3) is 0 Å². The zero-order chi connectivity index (χ0) is 16.9. The van der Waals surface area contributed by atoms with Crippen molar-refractivity contribution in [2.24, 2.45) is 0 Å². The topological polar surface area (TPSA) is 55.8 Å². The largest absolute Gasteiger partial charge is 0.494 e. The lowest BCUT2D eigenvalue weighted by Crippen LogP contribution is -2.41. The Bertz CT molecular complexity index is 583. The fraction of sp³-hybridized carbons (Fsp3) is 0.588. The maximum atomic E-state index is 11.4. The summed E-state index contributed by atoms with van der Waals surface area (Å²) in [7, 11) is -0.551. The van der Waals surface area contributed by atoms with E-state index in [0.717, 1.165) is 11.0 Å². The summed E-state index contributed by atoms with van der Waals surface area (Å²) in [5, 5.41) is 9.37. The van der Waals surface area contributed by atoms with Crippen molar-refractivity contribution >= 4 is 18.6 Å². The Morgan fingerprint density at radius 3 is 1.95 bits per heavy atom. The van der Waals surface area contributed by atoms with Gasteiger partial charge in [0, 0.05) is 0 Å². The maximum Gasteiger partial charge on any atom is 0.494 e. The molecule has 0 bridgehead atoms. The number of benzene rings is 1. The fourth-order valence-corrected chi connectivity index (χ4v) is 2.32. The van der Waals surface area contributed by atoms with Gasteiger partial charge in [-0.15, -0.1) is 0 Å². The van der Waals surface area contributed by atoms with Crippen LogP contribution in [0.25, 0.3) is 0 Å². The molecule has 0 saturated carbocycles. The molecular formula is C17H25BO4. The molecule has 0 atom stereocenters. The second kappa shape index (κ2) is 5.10. The van der Waals surface area contributed by atoms with Gasteiger partial charge in [-0.1, -0.05) is 26.8 Å². The summed E-state index contributed by atoms with van der Waals surface area (Å²) in [5.74, 6) is -0.941. The van der Waals surface area contributed by atoms with E-state index in [2.05, 4.69) is 20.8 Å². The standard InChI is InChI=1S/C17H25BO4/c1-15(2,3)12-8-11(14(19)20)9-13(10-12)18-21-16(4,5)17(6,7)22-18/h8-10H,1-7H3,(H,19,20). The summed E-state index contributed by atoms with van der Waals surface area (Å²) >= 11 is 0. The van der Waals surface area contributed by atoms with Crippen molar-refractivity contribution in [1.29, 1.82) is 0 Å². The molecule has 0 amide bonds. The average molecular weight is 304 g/mol. The molecule has 1 N–H and O–H groups in total. The Balaban J connectivity index is 2.48. The van der Waals surface area contributed by atoms with E-state index in [0.29, 0.717) is 0 Å². The van der Waals surface area contributed by atoms with Crippen LogP contribution < -0.4 is 5.46 Å². The summed E-state index contributed by atoms with van der Waals surface area (Å²) in [6, 6.07) is 5.34. The van der Waals surface area contributed by atoms with Gasteiger partial charge < -0.3 is 14.4 Å². The Morgan fingerprint density at radius 1 is 1.05 bits per heavy atom. The van der Waals surface area contributed by atoms with Crippen LogP contribution >= 0.6 is 0 Å². The summed E-state index contributed by atoms with van der Waals surface area (Å²) in [6.07, 6.45) is 0. The van der Waals surface area contributed by atoms with E-state index in [4.69, 9.17) is 9.31 Å². The molecule has 4 nitrogen and oxygen atoms in total. The number of carboxylic acids is 1. The van der Waals surface area contributed by atoms with Gasteiger partial charge in [0.2, 0.25) is 0 Å². The second-order valence-corrected chi connectivity index (χ2v) is 7.99. The van der Waals surface area contributed by atoms with Crippen LogP contribution in [0.2, 0.25) is 0 Å². The number of hydrogen-bond acceptors (Lipinski definition) is 3. The monoisotopic (exact) mass is 304 g/mol. The van der Waals surface area contributed by atoms with E-state index in [1.807, 2.05) is 33.8 Å². The molecule has 1 heterocycles. The Kier molecular flexibility index (Phi) is 3.95. The van der Waals surface area contributed by atoms with E-state index in [-0.39, 0.29) is 11.0 Å². The molecule has 1 saturated heterocycles. The first kappa shape index (κ1) is 17.0. The van der Waals surface area contributed by atoms with Gasteiger partial charge in [0.15, 0.2) is 0 Å². The minimum absolute atomic E-state index is 0.149. The fourth-order valence-electron chi connectivity index (χ4n) is 2.32. The number of aromatic carboxylic acids is 1. The minimum Gasteiger partial charge on any atom is -0.478 e. The highest BCUT2D eigenvalue weighted by molar-refractivity contribution is 6.62. The van der Waals surface area contributed by atoms with Crippen molar-refractivity contribution in [3.8, 4) is 0 Å². The second-order valence-electron chi connectivity index (χ2n) is 7.99. The zero-order valence-electron chi connectivity index (χ0n) is 14.5. The molecule has 5 heteroatoms. The van der Waals surface area contributed by atoms with Crippen LogP contribution in [0.5, 0.6) is 0 Å². The van der Waals surface area contributed by atoms with Crippen molar-refractivity contribution in [1.82, 2.24) is 0 Å². The number of carboxylic acid groups (broad SMARTS) is 1. The van der Waals surface area contributed by atoms with Crippen molar-refractivity contribution in [2.45, 2.75) is 65.1 Å². The molecule has 1 aromatic rings. The molecular weight excluding hydrogens is 279 g/mol. The maximum absolute atomic E-state index is 11.4. The lowest BCUT2D eigenvalue weighted by molar-refractivity contribution is 0.00578. The first-order valence-electron chi connectivity index (χ1n) is 7.58. The summed E-state index contributed by atoms with van der Waals surface area (Å²) in [5.41, 5.74) is 0.930. The van der Waals surface area contributed by atoms with Gasteiger partial charge in [0.05, 0.1) is 16.8 Å². The molecule has 0 radical (unpaired) electrons. The van der Waals surface area contributed by atoms with Crippen LogP contribution in [0.4, 0.5) is 0 Å². The van der Waals surface area contributed by atoms with Gasteiger partial charge in [0.1, 0.15) is 0 Å². The van der Waals surface area contributed by atoms with E-state index in [9.17, 15) is 9.90 Å². The predicted octanol–water partition coefficient (Wildman–Crippen LogP) is 2.98. The first-order chi connectivity index (χ1) is 9.83. The Hall–Kier alpha value is -1.33. The highest BCUT2D eigenvalue weighted by atomic mass is 16.7. The van der Waals surface area contributed by atoms with Gasteiger partial charge >= 0.3 is 13.1 Å². The van der Waals surface area contributed by atoms with Crippen LogP contribution in [0.15, 0.2) is 18.2 Å². The Labute approximate surface area is 133 Å². The molecule has 1 aliphatic rings. The molecule has 0 unspecified atom stereocenters. The van der Waals surface area contributed by atoms with Crippen LogP contribution in [-0.4, -0.2) is 29.4 Å². The van der Waals surface area contributed by atoms with Crippen molar-refractivity contribution in [2.75, 3.05) is 0 Å². The molecule has 0 aliphatic carbocycles. The summed E-state index contributed by atoms with van der Waals surface area (Å²) < 4.78 is 12.1. The van der Waals surface area contributed by atoms with E-state index < -0.39 is 24.3 Å². The molecule has 22 heavy (non-hydrogen) atoms. The Morgan fingerprint density at radius 2 is 1.55 bits per heavy atom. The van der Waals surface area contributed by atoms with Gasteiger partial charge in [-0.3, -0.25) is 0 Å². The van der Waals surface area contributed by atoms with Crippen LogP contribution in [0.3, 0.4) is 0 Å². The average Bonchev–Trinajstić information content (AvgIpc) is 2.57. The highest BCUT2D eigenvalue weighted by Crippen LogP contribution is 2.36. The lowest BCUT2D eigenvalue weighted by atomic mass is 9.74. The summed E-state index contributed by atoms with van der Waals surface area (Å²) in [4.78, 5) is 11.4. The van der Waals surface area contributed by atoms with Crippen molar-refractivity contribution in [3.63, 3.8) is 0 Å². The molecule has 0 spiro atoms. The quantitative estimate of drug-likeness (QED) is 0.853. The minimum atomic E-state index is -0.941. The van der Waals surface area contributed by atoms with Gasteiger partial charge in [-0.05, 0) is 56.3 Å². The zero-order valence-corrected chi connectivity index (χ0v) is 14.5. The van der Waals surface area contributed by atoms with Crippen LogP contribution in [0, 0.1) is 0 Å². The van der Waals surface area contributed by atoms with E-state index in [1.54, 1.807) is 12.1 Å². The first-order valence-corrected chi connectivity index (χ1v) is 7.58. The molecule has 1 aliphatic heterocycles. The predicted molar refractivity (Wildman–Crippen MR) is 87.8 cm³/mol. The van der Waals surface area contributed by atoms with Crippen molar-refractivity contribution in [3.05, 3.63) is 29.3 Å². The smallest absolute Gasteiger partial charge is 0.478 e. The molecule has 1 fully saturated rings. The third-order valence-corrected chi connectivity index (χ3v) is 4.59. The van der Waals surface area contributed by atoms with Gasteiger partial charge in [-0.25, -0.2) is 4.79 Å². The lowest BCUT2D eigenvalue weighted by Gasteiger charge is -2.32. The van der Waals surface area contributed by atoms with Crippen molar-refractivity contribution < 1.29 is 19.2 Å². The molecule has 2 rings (SSSR count). The molecule has 1 aromatic carbocycles. The molecule has 120 valence electrons. The third-order valence-electron chi connectivity index (χ3n) is 4.59. The van der Waals surface area contributed by atoms with E-state index in [1.165, 1.54) is 0 Å².